The van der Waals surface area contributed by atoms with E-state index in [2.05, 4.69) is 0 Å². The summed E-state index contributed by atoms with van der Waals surface area (Å²) >= 11 is 5.83. The van der Waals surface area contributed by atoms with E-state index in [1.165, 1.54) is 53.9 Å². The topological polar surface area (TPSA) is 72.9 Å². The minimum atomic E-state index is -3.73. The summed E-state index contributed by atoms with van der Waals surface area (Å²) in [5, 5.41) is 0.442. The van der Waals surface area contributed by atoms with Crippen LogP contribution in [-0.2, 0) is 26.2 Å². The first kappa shape index (κ1) is 21.5. The van der Waals surface area contributed by atoms with Crippen LogP contribution in [0.15, 0.2) is 47.4 Å². The van der Waals surface area contributed by atoms with Crippen LogP contribution in [0.2, 0.25) is 5.02 Å². The largest absolute Gasteiger partial charge is 0.496 e. The normalized spacial score (nSPS) is 17.7. The molecule has 1 aliphatic rings. The second-order valence-corrected chi connectivity index (χ2v) is 9.09. The molecule has 6 nitrogen and oxygen atoms in total. The van der Waals surface area contributed by atoms with Crippen molar-refractivity contribution in [1.82, 2.24) is 4.31 Å². The molecule has 0 spiro atoms. The number of hydrogen-bond acceptors (Lipinski definition) is 5. The second kappa shape index (κ2) is 9.11. The molecule has 0 bridgehead atoms. The Morgan fingerprint density at radius 2 is 1.97 bits per heavy atom. The Morgan fingerprint density at radius 3 is 2.66 bits per heavy atom. The van der Waals surface area contributed by atoms with Crippen LogP contribution in [0.5, 0.6) is 5.75 Å². The summed E-state index contributed by atoms with van der Waals surface area (Å²) in [6.45, 7) is 0.205. The van der Waals surface area contributed by atoms with Gasteiger partial charge in [0.2, 0.25) is 10.0 Å². The molecule has 1 saturated heterocycles. The number of sulfonamides is 1. The minimum absolute atomic E-state index is 0.0318. The number of hydrogen-bond donors (Lipinski definition) is 0. The highest BCUT2D eigenvalue weighted by molar-refractivity contribution is 7.89. The lowest BCUT2D eigenvalue weighted by Crippen LogP contribution is -2.42. The maximum atomic E-state index is 13.5. The lowest BCUT2D eigenvalue weighted by atomic mass is 10.00. The lowest BCUT2D eigenvalue weighted by molar-refractivity contribution is -0.151. The van der Waals surface area contributed by atoms with E-state index in [0.717, 1.165) is 0 Å². The van der Waals surface area contributed by atoms with Crippen LogP contribution in [-0.4, -0.2) is 38.9 Å². The fourth-order valence-corrected chi connectivity index (χ4v) is 4.89. The van der Waals surface area contributed by atoms with Crippen molar-refractivity contribution in [1.29, 1.82) is 0 Å². The number of halogens is 2. The fourth-order valence-electron chi connectivity index (χ4n) is 3.24. The third kappa shape index (κ3) is 5.07. The molecule has 1 fully saturated rings. The van der Waals surface area contributed by atoms with Crippen molar-refractivity contribution in [2.24, 2.45) is 5.92 Å². The van der Waals surface area contributed by atoms with Crippen molar-refractivity contribution >= 4 is 27.6 Å². The Labute approximate surface area is 174 Å². The van der Waals surface area contributed by atoms with E-state index in [9.17, 15) is 17.6 Å². The van der Waals surface area contributed by atoms with E-state index in [1.807, 2.05) is 0 Å². The van der Waals surface area contributed by atoms with E-state index in [1.54, 1.807) is 0 Å². The first-order valence-electron chi connectivity index (χ1n) is 9.06. The molecule has 0 N–H and O–H groups in total. The van der Waals surface area contributed by atoms with E-state index in [0.29, 0.717) is 35.7 Å². The Bertz CT molecular complexity index is 981. The maximum absolute atomic E-state index is 13.5. The molecule has 9 heteroatoms. The fraction of sp³-hybridized carbons (Fsp3) is 0.350. The number of rotatable bonds is 6. The average Bonchev–Trinajstić information content (AvgIpc) is 2.72. The van der Waals surface area contributed by atoms with Gasteiger partial charge in [0.15, 0.2) is 0 Å². The monoisotopic (exact) mass is 441 g/mol. The van der Waals surface area contributed by atoms with Gasteiger partial charge in [-0.2, -0.15) is 4.31 Å². The summed E-state index contributed by atoms with van der Waals surface area (Å²) in [7, 11) is -2.29. The van der Waals surface area contributed by atoms with Gasteiger partial charge in [0.1, 0.15) is 18.2 Å². The first-order chi connectivity index (χ1) is 13.8. The highest BCUT2D eigenvalue weighted by Gasteiger charge is 2.34. The van der Waals surface area contributed by atoms with Crippen LogP contribution >= 0.6 is 11.6 Å². The summed E-state index contributed by atoms with van der Waals surface area (Å²) in [5.74, 6) is -1.16. The van der Waals surface area contributed by atoms with E-state index in [-0.39, 0.29) is 18.0 Å². The molecule has 1 unspecified atom stereocenters. The molecule has 1 heterocycles. The van der Waals surface area contributed by atoms with Crippen LogP contribution in [0.1, 0.15) is 18.4 Å². The first-order valence-corrected chi connectivity index (χ1v) is 10.9. The molecule has 29 heavy (non-hydrogen) atoms. The van der Waals surface area contributed by atoms with Gasteiger partial charge < -0.3 is 9.47 Å². The standard InChI is InChI=1S/C20H21ClFNO5S/c1-27-19-9-6-17(22)11-15(19)13-28-20(24)14-3-2-10-23(12-14)29(25,26)18-7-4-16(21)5-8-18/h4-9,11,14H,2-3,10,12-13H2,1H3. The van der Waals surface area contributed by atoms with Crippen LogP contribution in [0.3, 0.4) is 0 Å². The van der Waals surface area contributed by atoms with Crippen LogP contribution in [0.4, 0.5) is 4.39 Å². The van der Waals surface area contributed by atoms with Gasteiger partial charge in [0.25, 0.3) is 0 Å². The van der Waals surface area contributed by atoms with Crippen molar-refractivity contribution in [3.8, 4) is 5.75 Å². The number of methoxy groups -OCH3 is 1. The zero-order chi connectivity index (χ0) is 21.0. The van der Waals surface area contributed by atoms with Crippen LogP contribution in [0, 0.1) is 11.7 Å². The van der Waals surface area contributed by atoms with Crippen molar-refractivity contribution < 1.29 is 27.1 Å². The predicted molar refractivity (Wildman–Crippen MR) is 106 cm³/mol. The van der Waals surface area contributed by atoms with Gasteiger partial charge in [-0.1, -0.05) is 11.6 Å². The Balaban J connectivity index is 1.66. The molecular weight excluding hydrogens is 421 g/mol. The Kier molecular flexibility index (Phi) is 6.77. The molecule has 3 rings (SSSR count). The number of esters is 1. The van der Waals surface area contributed by atoms with Gasteiger partial charge in [-0.05, 0) is 55.3 Å². The molecule has 2 aromatic rings. The van der Waals surface area contributed by atoms with Gasteiger partial charge >= 0.3 is 5.97 Å². The zero-order valence-corrected chi connectivity index (χ0v) is 17.4. The Hall–Kier alpha value is -2.16. The summed E-state index contributed by atoms with van der Waals surface area (Å²) in [4.78, 5) is 12.6. The number of piperidine rings is 1. The third-order valence-corrected chi connectivity index (χ3v) is 6.91. The molecule has 0 aliphatic carbocycles. The van der Waals surface area contributed by atoms with Crippen molar-refractivity contribution in [3.05, 3.63) is 58.9 Å². The number of carbonyl (C=O) groups excluding carboxylic acids is 1. The summed E-state index contributed by atoms with van der Waals surface area (Å²) in [6, 6.07) is 9.85. The number of nitrogens with zero attached hydrogens (tertiary/aromatic N) is 1. The molecular formula is C20H21ClFNO5S. The van der Waals surface area contributed by atoms with Gasteiger partial charge in [-0.15, -0.1) is 0 Å². The smallest absolute Gasteiger partial charge is 0.310 e. The minimum Gasteiger partial charge on any atom is -0.496 e. The van der Waals surface area contributed by atoms with Gasteiger partial charge in [-0.3, -0.25) is 4.79 Å². The molecule has 1 aliphatic heterocycles. The molecule has 1 atom stereocenters. The SMILES string of the molecule is COc1ccc(F)cc1COC(=O)C1CCCN(S(=O)(=O)c2ccc(Cl)cc2)C1. The van der Waals surface area contributed by atoms with Crippen molar-refractivity contribution in [3.63, 3.8) is 0 Å². The van der Waals surface area contributed by atoms with Crippen molar-refractivity contribution in [2.75, 3.05) is 20.2 Å². The number of benzene rings is 2. The van der Waals surface area contributed by atoms with Crippen LogP contribution < -0.4 is 4.74 Å². The molecule has 0 amide bonds. The van der Waals surface area contributed by atoms with E-state index >= 15 is 0 Å². The van der Waals surface area contributed by atoms with E-state index < -0.39 is 27.7 Å². The summed E-state index contributed by atoms with van der Waals surface area (Å²) in [5.41, 5.74) is 0.405. The quantitative estimate of drug-likeness (QED) is 0.640. The summed E-state index contributed by atoms with van der Waals surface area (Å²) in [6.07, 6.45) is 1.06. The average molecular weight is 442 g/mol. The highest BCUT2D eigenvalue weighted by Crippen LogP contribution is 2.26. The molecule has 0 aromatic heterocycles. The lowest BCUT2D eigenvalue weighted by Gasteiger charge is -2.30. The van der Waals surface area contributed by atoms with Gasteiger partial charge in [0.05, 0.1) is 17.9 Å². The third-order valence-electron chi connectivity index (χ3n) is 4.78. The highest BCUT2D eigenvalue weighted by atomic mass is 35.5. The van der Waals surface area contributed by atoms with Gasteiger partial charge in [0, 0.05) is 23.7 Å². The second-order valence-electron chi connectivity index (χ2n) is 6.72. The zero-order valence-electron chi connectivity index (χ0n) is 15.8. The predicted octanol–water partition coefficient (Wildman–Crippen LogP) is 3.63. The number of ether oxygens (including phenoxy) is 2. The number of carbonyl (C=O) groups is 1. The maximum Gasteiger partial charge on any atom is 0.310 e. The molecule has 2 aromatic carbocycles. The molecule has 0 saturated carbocycles. The van der Waals surface area contributed by atoms with Gasteiger partial charge in [-0.25, -0.2) is 12.8 Å². The molecule has 0 radical (unpaired) electrons. The van der Waals surface area contributed by atoms with Crippen molar-refractivity contribution in [2.45, 2.75) is 24.3 Å². The van der Waals surface area contributed by atoms with Crippen LogP contribution in [0.25, 0.3) is 0 Å². The summed E-state index contributed by atoms with van der Waals surface area (Å²) < 4.78 is 50.9. The molecule has 156 valence electrons. The van der Waals surface area contributed by atoms with E-state index in [4.69, 9.17) is 21.1 Å². The Morgan fingerprint density at radius 1 is 1.24 bits per heavy atom.